The van der Waals surface area contributed by atoms with Gasteiger partial charge in [-0.2, -0.15) is 28.6 Å². The largest absolute Gasteiger partial charge is 0.417 e. The van der Waals surface area contributed by atoms with Gasteiger partial charge in [-0.1, -0.05) is 12.1 Å². The Morgan fingerprint density at radius 3 is 2.71 bits per heavy atom. The lowest BCUT2D eigenvalue weighted by Gasteiger charge is -2.13. The number of benzene rings is 1. The summed E-state index contributed by atoms with van der Waals surface area (Å²) in [5, 5.41) is 26.4. The van der Waals surface area contributed by atoms with Crippen molar-refractivity contribution in [1.82, 2.24) is 30.4 Å². The molecule has 3 aromatic heterocycles. The first-order valence-corrected chi connectivity index (χ1v) is 8.95. The fraction of sp³-hybridized carbons (Fsp3) is 0.100. The molecule has 154 valence electrons. The van der Waals surface area contributed by atoms with Crippen LogP contribution in [0.4, 0.5) is 19.1 Å². The number of hydrogen-bond donors (Lipinski definition) is 2. The van der Waals surface area contributed by atoms with E-state index in [0.717, 1.165) is 23.7 Å². The van der Waals surface area contributed by atoms with Crippen LogP contribution in [0.5, 0.6) is 0 Å². The minimum absolute atomic E-state index is 0.0227. The molecule has 8 nitrogen and oxygen atoms in total. The molecule has 0 bridgehead atoms. The highest BCUT2D eigenvalue weighted by Gasteiger charge is 2.34. The van der Waals surface area contributed by atoms with Crippen LogP contribution < -0.4 is 5.32 Å². The molecule has 3 heterocycles. The van der Waals surface area contributed by atoms with Gasteiger partial charge in [0.15, 0.2) is 0 Å². The highest BCUT2D eigenvalue weighted by molar-refractivity contribution is 5.66. The van der Waals surface area contributed by atoms with Crippen molar-refractivity contribution in [2.45, 2.75) is 12.7 Å². The van der Waals surface area contributed by atoms with Crippen LogP contribution in [0.3, 0.4) is 0 Å². The molecule has 31 heavy (non-hydrogen) atoms. The topological polar surface area (TPSA) is 116 Å². The van der Waals surface area contributed by atoms with Gasteiger partial charge in [-0.3, -0.25) is 10.1 Å². The van der Waals surface area contributed by atoms with E-state index in [-0.39, 0.29) is 29.3 Å². The first-order chi connectivity index (χ1) is 14.9. The van der Waals surface area contributed by atoms with E-state index in [0.29, 0.717) is 5.69 Å². The minimum atomic E-state index is -4.66. The molecule has 0 saturated carbocycles. The van der Waals surface area contributed by atoms with E-state index in [1.807, 2.05) is 12.1 Å². The summed E-state index contributed by atoms with van der Waals surface area (Å²) >= 11 is 0. The Morgan fingerprint density at radius 2 is 1.97 bits per heavy atom. The van der Waals surface area contributed by atoms with Gasteiger partial charge in [0, 0.05) is 11.8 Å². The third-order valence-corrected chi connectivity index (χ3v) is 4.29. The van der Waals surface area contributed by atoms with Gasteiger partial charge in [-0.15, -0.1) is 5.10 Å². The van der Waals surface area contributed by atoms with Gasteiger partial charge in [0.2, 0.25) is 5.95 Å². The number of pyridine rings is 1. The normalized spacial score (nSPS) is 11.2. The van der Waals surface area contributed by atoms with Gasteiger partial charge in [-0.25, -0.2) is 4.98 Å². The smallest absolute Gasteiger partial charge is 0.347 e. The van der Waals surface area contributed by atoms with Crippen LogP contribution in [0, 0.1) is 11.3 Å². The third-order valence-electron chi connectivity index (χ3n) is 4.29. The number of H-pyrrole nitrogens is 1. The lowest BCUT2D eigenvalue weighted by Crippen LogP contribution is -2.10. The van der Waals surface area contributed by atoms with Crippen molar-refractivity contribution in [2.75, 3.05) is 5.32 Å². The van der Waals surface area contributed by atoms with Crippen molar-refractivity contribution >= 4 is 5.95 Å². The average molecular weight is 422 g/mol. The summed E-state index contributed by atoms with van der Waals surface area (Å²) in [6.45, 7) is 0.216. The summed E-state index contributed by atoms with van der Waals surface area (Å²) in [6.07, 6.45) is -1.86. The summed E-state index contributed by atoms with van der Waals surface area (Å²) in [5.74, 6) is 0.0392. The van der Waals surface area contributed by atoms with Gasteiger partial charge in [0.05, 0.1) is 52.7 Å². The van der Waals surface area contributed by atoms with E-state index in [4.69, 9.17) is 5.26 Å². The van der Waals surface area contributed by atoms with Gasteiger partial charge >= 0.3 is 6.18 Å². The van der Waals surface area contributed by atoms with Crippen LogP contribution >= 0.6 is 0 Å². The van der Waals surface area contributed by atoms with E-state index < -0.39 is 11.7 Å². The fourth-order valence-corrected chi connectivity index (χ4v) is 2.86. The number of nitrogens with one attached hydrogen (secondary N) is 2. The Morgan fingerprint density at radius 1 is 1.10 bits per heavy atom. The molecule has 2 N–H and O–H groups in total. The number of aromatic nitrogens is 6. The van der Waals surface area contributed by atoms with E-state index in [1.165, 1.54) is 12.1 Å². The molecule has 4 aromatic rings. The Hall–Kier alpha value is -4.33. The van der Waals surface area contributed by atoms with Crippen LogP contribution in [0.2, 0.25) is 0 Å². The number of alkyl halides is 3. The molecule has 0 aliphatic carbocycles. The maximum absolute atomic E-state index is 13.5. The molecule has 0 saturated heterocycles. The molecule has 11 heteroatoms. The Labute approximate surface area is 173 Å². The number of nitrogens with zero attached hydrogens (tertiary/aromatic N) is 6. The molecular weight excluding hydrogens is 409 g/mol. The first-order valence-electron chi connectivity index (χ1n) is 8.95. The maximum atomic E-state index is 13.5. The first kappa shape index (κ1) is 20.0. The molecule has 4 rings (SSSR count). The quantitative estimate of drug-likeness (QED) is 0.502. The van der Waals surface area contributed by atoms with Gasteiger partial charge in [-0.05, 0) is 30.3 Å². The number of aromatic amines is 1. The van der Waals surface area contributed by atoms with Crippen LogP contribution in [-0.2, 0) is 12.7 Å². The summed E-state index contributed by atoms with van der Waals surface area (Å²) in [4.78, 5) is 8.36. The SMILES string of the molecule is N#Cc1ccc(-c2cnnc(NCc3cc(-c4ccccn4)[nH]n3)n2)c(C(F)(F)F)c1. The van der Waals surface area contributed by atoms with Crippen LogP contribution in [0.25, 0.3) is 22.6 Å². The summed E-state index contributed by atoms with van der Waals surface area (Å²) in [6, 6.07) is 12.3. The standard InChI is InChI=1S/C20H13F3N8/c21-20(22,23)15-7-12(9-24)4-5-14(15)18-11-27-31-19(28-18)26-10-13-8-17(30-29-13)16-3-1-2-6-25-16/h1-8,11H,10H2,(H,29,30)(H,26,28,31). The zero-order valence-corrected chi connectivity index (χ0v) is 15.7. The van der Waals surface area contributed by atoms with Gasteiger partial charge < -0.3 is 5.32 Å². The summed E-state index contributed by atoms with van der Waals surface area (Å²) < 4.78 is 40.4. The van der Waals surface area contributed by atoms with E-state index >= 15 is 0 Å². The number of hydrogen-bond acceptors (Lipinski definition) is 7. The second-order valence-corrected chi connectivity index (χ2v) is 6.38. The zero-order valence-electron chi connectivity index (χ0n) is 15.7. The van der Waals surface area contributed by atoms with Crippen molar-refractivity contribution in [3.05, 3.63) is 71.7 Å². The maximum Gasteiger partial charge on any atom is 0.417 e. The van der Waals surface area contributed by atoms with Gasteiger partial charge in [0.1, 0.15) is 0 Å². The molecule has 0 unspecified atom stereocenters. The number of nitriles is 1. The predicted octanol–water partition coefficient (Wildman–Crippen LogP) is 3.83. The molecule has 0 fully saturated rings. The van der Waals surface area contributed by atoms with Gasteiger partial charge in [0.25, 0.3) is 0 Å². The average Bonchev–Trinajstić information content (AvgIpc) is 3.27. The molecule has 0 amide bonds. The highest BCUT2D eigenvalue weighted by Crippen LogP contribution is 2.37. The molecule has 0 aliphatic heterocycles. The van der Waals surface area contributed by atoms with Crippen LogP contribution in [0.1, 0.15) is 16.8 Å². The van der Waals surface area contributed by atoms with Crippen molar-refractivity contribution in [2.24, 2.45) is 0 Å². The molecule has 0 aliphatic rings. The molecule has 1 aromatic carbocycles. The summed E-state index contributed by atoms with van der Waals surface area (Å²) in [7, 11) is 0. The molecular formula is C20H13F3N8. The fourth-order valence-electron chi connectivity index (χ4n) is 2.86. The lowest BCUT2D eigenvalue weighted by molar-refractivity contribution is -0.137. The second kappa shape index (κ2) is 8.19. The van der Waals surface area contributed by atoms with Crippen molar-refractivity contribution in [3.8, 4) is 28.7 Å². The van der Waals surface area contributed by atoms with Crippen LogP contribution in [0.15, 0.2) is 54.9 Å². The Balaban J connectivity index is 1.55. The van der Waals surface area contributed by atoms with E-state index in [2.05, 4.69) is 35.7 Å². The van der Waals surface area contributed by atoms with Crippen molar-refractivity contribution < 1.29 is 13.2 Å². The second-order valence-electron chi connectivity index (χ2n) is 6.38. The van der Waals surface area contributed by atoms with E-state index in [9.17, 15) is 13.2 Å². The molecule has 0 spiro atoms. The zero-order chi connectivity index (χ0) is 21.8. The molecule has 0 radical (unpaired) electrons. The number of anilines is 1. The predicted molar refractivity (Wildman–Crippen MR) is 104 cm³/mol. The van der Waals surface area contributed by atoms with E-state index in [1.54, 1.807) is 24.4 Å². The van der Waals surface area contributed by atoms with Crippen molar-refractivity contribution in [1.29, 1.82) is 5.26 Å². The Kier molecular flexibility index (Phi) is 5.28. The van der Waals surface area contributed by atoms with Crippen LogP contribution in [-0.4, -0.2) is 30.4 Å². The number of halogens is 3. The van der Waals surface area contributed by atoms with Crippen molar-refractivity contribution in [3.63, 3.8) is 0 Å². The Bertz CT molecular complexity index is 1250. The minimum Gasteiger partial charge on any atom is -0.347 e. The highest BCUT2D eigenvalue weighted by atomic mass is 19.4. The lowest BCUT2D eigenvalue weighted by atomic mass is 10.0. The monoisotopic (exact) mass is 422 g/mol. The summed E-state index contributed by atoms with van der Waals surface area (Å²) in [5.41, 5.74) is 0.791. The third kappa shape index (κ3) is 4.48. The number of rotatable bonds is 5. The molecule has 0 atom stereocenters.